The van der Waals surface area contributed by atoms with E-state index in [1.165, 1.54) is 78.0 Å². The van der Waals surface area contributed by atoms with Crippen molar-refractivity contribution in [3.8, 4) is 0 Å². The van der Waals surface area contributed by atoms with Gasteiger partial charge < -0.3 is 23.1 Å². The molecule has 1 fully saturated rings. The maximum atomic E-state index is 5.99. The summed E-state index contributed by atoms with van der Waals surface area (Å²) in [6, 6.07) is 0.923. The lowest BCUT2D eigenvalue weighted by Crippen LogP contribution is -2.49. The number of rotatable bonds is 19. The normalized spacial score (nSPS) is 16.6. The van der Waals surface area contributed by atoms with E-state index in [9.17, 15) is 0 Å². The number of nitrogens with zero attached hydrogens (tertiary/aromatic N) is 3. The Morgan fingerprint density at radius 2 is 1.10 bits per heavy atom. The lowest BCUT2D eigenvalue weighted by atomic mass is 10.2. The fourth-order valence-electron chi connectivity index (χ4n) is 4.14. The van der Waals surface area contributed by atoms with Crippen molar-refractivity contribution in [2.75, 3.05) is 78.7 Å². The second-order valence-electron chi connectivity index (χ2n) is 8.32. The fourth-order valence-corrected chi connectivity index (χ4v) is 6.73. The van der Waals surface area contributed by atoms with Crippen LogP contribution in [0.15, 0.2) is 0 Å². The third kappa shape index (κ3) is 11.6. The van der Waals surface area contributed by atoms with Crippen LogP contribution in [0.2, 0.25) is 6.04 Å². The van der Waals surface area contributed by atoms with Crippen LogP contribution in [0.5, 0.6) is 0 Å². The summed E-state index contributed by atoms with van der Waals surface area (Å²) in [7, 11) is -2.48. The highest BCUT2D eigenvalue weighted by atomic mass is 28.4. The van der Waals surface area contributed by atoms with Crippen LogP contribution < -0.4 is 0 Å². The summed E-state index contributed by atoms with van der Waals surface area (Å²) < 4.78 is 18.0. The van der Waals surface area contributed by atoms with E-state index < -0.39 is 8.80 Å². The third-order valence-electron chi connectivity index (χ3n) is 5.90. The van der Waals surface area contributed by atoms with Gasteiger partial charge in [0.2, 0.25) is 0 Å². The smallest absolute Gasteiger partial charge is 0.374 e. The quantitative estimate of drug-likeness (QED) is 0.280. The van der Waals surface area contributed by atoms with Crippen molar-refractivity contribution in [2.24, 2.45) is 0 Å². The predicted molar refractivity (Wildman–Crippen MR) is 129 cm³/mol. The highest BCUT2D eigenvalue weighted by Crippen LogP contribution is 2.19. The van der Waals surface area contributed by atoms with Gasteiger partial charge in [0.25, 0.3) is 0 Å². The van der Waals surface area contributed by atoms with Crippen molar-refractivity contribution in [2.45, 2.75) is 72.8 Å². The molecule has 6 nitrogen and oxygen atoms in total. The van der Waals surface area contributed by atoms with Gasteiger partial charge in [0.05, 0.1) is 0 Å². The molecule has 1 heterocycles. The minimum Gasteiger partial charge on any atom is -0.374 e. The molecule has 30 heavy (non-hydrogen) atoms. The van der Waals surface area contributed by atoms with Gasteiger partial charge in [-0.1, -0.05) is 26.7 Å². The van der Waals surface area contributed by atoms with E-state index in [4.69, 9.17) is 13.3 Å². The van der Waals surface area contributed by atoms with E-state index >= 15 is 0 Å². The summed E-state index contributed by atoms with van der Waals surface area (Å²) in [6.45, 7) is 23.5. The van der Waals surface area contributed by atoms with E-state index in [0.717, 1.165) is 19.0 Å². The van der Waals surface area contributed by atoms with Crippen molar-refractivity contribution in [1.82, 2.24) is 14.7 Å². The number of hydrogen-bond acceptors (Lipinski definition) is 6. The molecular formula is C23H51N3O3Si. The fraction of sp³-hybridized carbons (Fsp3) is 1.00. The molecule has 1 rings (SSSR count). The largest absolute Gasteiger partial charge is 0.500 e. The Kier molecular flexibility index (Phi) is 16.4. The Hall–Kier alpha value is -0.0231. The van der Waals surface area contributed by atoms with E-state index in [1.807, 2.05) is 20.8 Å². The van der Waals surface area contributed by atoms with Crippen LogP contribution in [0.25, 0.3) is 0 Å². The zero-order valence-electron chi connectivity index (χ0n) is 20.8. The van der Waals surface area contributed by atoms with E-state index in [1.54, 1.807) is 0 Å². The predicted octanol–water partition coefficient (Wildman–Crippen LogP) is 3.94. The van der Waals surface area contributed by atoms with Crippen LogP contribution in [0.4, 0.5) is 0 Å². The molecule has 0 aromatic rings. The Morgan fingerprint density at radius 1 is 0.633 bits per heavy atom. The minimum atomic E-state index is -2.48. The third-order valence-corrected chi connectivity index (χ3v) is 9.05. The van der Waals surface area contributed by atoms with Crippen LogP contribution in [-0.4, -0.2) is 102 Å². The summed E-state index contributed by atoms with van der Waals surface area (Å²) in [6.07, 6.45) is 6.33. The van der Waals surface area contributed by atoms with Crippen molar-refractivity contribution in [3.05, 3.63) is 0 Å². The van der Waals surface area contributed by atoms with Gasteiger partial charge in [0, 0.05) is 65.1 Å². The summed E-state index contributed by atoms with van der Waals surface area (Å²) in [5.41, 5.74) is 0. The maximum Gasteiger partial charge on any atom is 0.500 e. The molecule has 0 atom stereocenters. The van der Waals surface area contributed by atoms with Crippen molar-refractivity contribution in [1.29, 1.82) is 0 Å². The molecule has 0 aliphatic carbocycles. The number of piperazine rings is 1. The molecule has 1 saturated heterocycles. The second kappa shape index (κ2) is 17.5. The van der Waals surface area contributed by atoms with Crippen molar-refractivity contribution < 1.29 is 13.3 Å². The number of hydrogen-bond donors (Lipinski definition) is 0. The van der Waals surface area contributed by atoms with Crippen LogP contribution in [-0.2, 0) is 13.3 Å². The zero-order valence-corrected chi connectivity index (χ0v) is 21.8. The van der Waals surface area contributed by atoms with E-state index in [0.29, 0.717) is 19.8 Å². The molecule has 0 aromatic carbocycles. The molecule has 0 saturated carbocycles. The molecule has 0 aromatic heterocycles. The average Bonchev–Trinajstić information content (AvgIpc) is 2.75. The molecule has 0 radical (unpaired) electrons. The van der Waals surface area contributed by atoms with Crippen LogP contribution in [0.1, 0.15) is 66.7 Å². The molecule has 1 aliphatic heterocycles. The van der Waals surface area contributed by atoms with Crippen LogP contribution in [0, 0.1) is 0 Å². The van der Waals surface area contributed by atoms with Gasteiger partial charge in [-0.3, -0.25) is 4.90 Å². The van der Waals surface area contributed by atoms with Gasteiger partial charge >= 0.3 is 8.80 Å². The Morgan fingerprint density at radius 3 is 1.53 bits per heavy atom. The Bertz CT molecular complexity index is 371. The Labute approximate surface area is 188 Å². The van der Waals surface area contributed by atoms with Gasteiger partial charge in [0.1, 0.15) is 0 Å². The molecule has 0 spiro atoms. The molecule has 0 unspecified atom stereocenters. The Balaban J connectivity index is 2.31. The van der Waals surface area contributed by atoms with E-state index in [2.05, 4.69) is 28.5 Å². The highest BCUT2D eigenvalue weighted by Gasteiger charge is 2.39. The standard InChI is InChI=1S/C23H51N3O3Si/c1-6-11-14-24(15-12-7-2)17-20-26-21-18-25(19-22-26)16-13-23-30(27-8-3,28-9-4)29-10-5/h6-23H2,1-5H3. The second-order valence-corrected chi connectivity index (χ2v) is 11.0. The van der Waals surface area contributed by atoms with E-state index in [-0.39, 0.29) is 0 Å². The topological polar surface area (TPSA) is 37.4 Å². The van der Waals surface area contributed by atoms with Crippen molar-refractivity contribution >= 4 is 8.80 Å². The van der Waals surface area contributed by atoms with Gasteiger partial charge in [-0.15, -0.1) is 0 Å². The lowest BCUT2D eigenvalue weighted by Gasteiger charge is -2.36. The van der Waals surface area contributed by atoms with Gasteiger partial charge in [-0.05, 0) is 59.7 Å². The zero-order chi connectivity index (χ0) is 22.1. The summed E-state index contributed by atoms with van der Waals surface area (Å²) in [4.78, 5) is 7.94. The molecule has 0 bridgehead atoms. The molecule has 180 valence electrons. The van der Waals surface area contributed by atoms with Gasteiger partial charge in [0.15, 0.2) is 0 Å². The highest BCUT2D eigenvalue weighted by molar-refractivity contribution is 6.60. The molecule has 7 heteroatoms. The number of unbranched alkanes of at least 4 members (excludes halogenated alkanes) is 2. The molecular weight excluding hydrogens is 394 g/mol. The summed E-state index contributed by atoms with van der Waals surface area (Å²) >= 11 is 0. The average molecular weight is 446 g/mol. The SMILES string of the molecule is CCCCN(CCCC)CCN1CCN(CCC[Si](OCC)(OCC)OCC)CC1. The molecule has 1 aliphatic rings. The minimum absolute atomic E-state index is 0.665. The van der Waals surface area contributed by atoms with Gasteiger partial charge in [-0.2, -0.15) is 0 Å². The summed E-state index contributed by atoms with van der Waals surface area (Å²) in [5, 5.41) is 0. The maximum absolute atomic E-state index is 5.99. The monoisotopic (exact) mass is 445 g/mol. The molecule has 0 amide bonds. The first-order valence-electron chi connectivity index (χ1n) is 12.7. The lowest BCUT2D eigenvalue weighted by molar-refractivity contribution is 0.0685. The van der Waals surface area contributed by atoms with Gasteiger partial charge in [-0.25, -0.2) is 0 Å². The first-order valence-corrected chi connectivity index (χ1v) is 14.6. The van der Waals surface area contributed by atoms with Crippen molar-refractivity contribution in [3.63, 3.8) is 0 Å². The van der Waals surface area contributed by atoms with Crippen LogP contribution >= 0.6 is 0 Å². The summed E-state index contributed by atoms with van der Waals surface area (Å²) in [5.74, 6) is 0. The first-order chi connectivity index (χ1) is 14.6. The molecule has 0 N–H and O–H groups in total. The van der Waals surface area contributed by atoms with Crippen LogP contribution in [0.3, 0.4) is 0 Å². The first kappa shape index (κ1) is 28.0.